The molecule has 7 heteroatoms. The van der Waals surface area contributed by atoms with Gasteiger partial charge in [-0.25, -0.2) is 4.79 Å². The van der Waals surface area contributed by atoms with Gasteiger partial charge in [0.2, 0.25) is 6.79 Å². The van der Waals surface area contributed by atoms with Gasteiger partial charge >= 0.3 is 5.97 Å². The molecular weight excluding hydrogens is 348 g/mol. The molecule has 7 nitrogen and oxygen atoms in total. The van der Waals surface area contributed by atoms with Crippen molar-refractivity contribution in [1.29, 1.82) is 5.26 Å². The Kier molecular flexibility index (Phi) is 5.97. The van der Waals surface area contributed by atoms with E-state index < -0.39 is 5.97 Å². The molecule has 1 atom stereocenters. The molecule has 1 saturated heterocycles. The van der Waals surface area contributed by atoms with Gasteiger partial charge in [-0.05, 0) is 49.5 Å². The van der Waals surface area contributed by atoms with Gasteiger partial charge in [-0.3, -0.25) is 4.79 Å². The fourth-order valence-electron chi connectivity index (χ4n) is 3.35. The first-order chi connectivity index (χ1) is 13.1. The standard InChI is InChI=1S/C20H22N2O5/c1-2-16-5-3-4-8-22(16)19(23)12-25-20(24)15(11-21)9-14-6-7-17-18(10-14)27-13-26-17/h6-7,9-10,16H,2-5,8,12-13H2,1H3/b15-9+. The lowest BCUT2D eigenvalue weighted by molar-refractivity contribution is -0.150. The molecule has 0 aliphatic carbocycles. The third-order valence-corrected chi connectivity index (χ3v) is 4.79. The maximum Gasteiger partial charge on any atom is 0.349 e. The smallest absolute Gasteiger partial charge is 0.349 e. The fourth-order valence-corrected chi connectivity index (χ4v) is 3.35. The number of benzene rings is 1. The van der Waals surface area contributed by atoms with Crippen molar-refractivity contribution >= 4 is 18.0 Å². The Morgan fingerprint density at radius 2 is 2.15 bits per heavy atom. The zero-order valence-corrected chi connectivity index (χ0v) is 15.3. The Morgan fingerprint density at radius 3 is 2.93 bits per heavy atom. The van der Waals surface area contributed by atoms with Crippen molar-refractivity contribution < 1.29 is 23.8 Å². The minimum absolute atomic E-state index is 0.146. The van der Waals surface area contributed by atoms with E-state index in [9.17, 15) is 14.9 Å². The van der Waals surface area contributed by atoms with Gasteiger partial charge in [0.1, 0.15) is 11.6 Å². The van der Waals surface area contributed by atoms with Crippen LogP contribution < -0.4 is 9.47 Å². The number of piperidine rings is 1. The molecule has 0 radical (unpaired) electrons. The number of nitrogens with zero attached hydrogens (tertiary/aromatic N) is 2. The summed E-state index contributed by atoms with van der Waals surface area (Å²) in [6.45, 7) is 2.53. The van der Waals surface area contributed by atoms with E-state index >= 15 is 0 Å². The highest BCUT2D eigenvalue weighted by Gasteiger charge is 2.26. The van der Waals surface area contributed by atoms with Gasteiger partial charge in [-0.15, -0.1) is 0 Å². The van der Waals surface area contributed by atoms with Gasteiger partial charge in [0, 0.05) is 12.6 Å². The molecule has 3 rings (SSSR count). The van der Waals surface area contributed by atoms with Crippen molar-refractivity contribution in [3.8, 4) is 17.6 Å². The monoisotopic (exact) mass is 370 g/mol. The van der Waals surface area contributed by atoms with Crippen LogP contribution in [0.2, 0.25) is 0 Å². The molecule has 0 saturated carbocycles. The minimum atomic E-state index is -0.812. The number of nitriles is 1. The van der Waals surface area contributed by atoms with Crippen molar-refractivity contribution in [3.63, 3.8) is 0 Å². The molecule has 1 unspecified atom stereocenters. The van der Waals surface area contributed by atoms with Gasteiger partial charge in [0.25, 0.3) is 5.91 Å². The molecule has 27 heavy (non-hydrogen) atoms. The minimum Gasteiger partial charge on any atom is -0.454 e. The highest BCUT2D eigenvalue weighted by molar-refractivity contribution is 5.98. The van der Waals surface area contributed by atoms with Crippen LogP contribution in [0.3, 0.4) is 0 Å². The fraction of sp³-hybridized carbons (Fsp3) is 0.450. The molecule has 2 heterocycles. The van der Waals surface area contributed by atoms with Crippen molar-refractivity contribution in [2.45, 2.75) is 38.6 Å². The van der Waals surface area contributed by atoms with Crippen LogP contribution >= 0.6 is 0 Å². The summed E-state index contributed by atoms with van der Waals surface area (Å²) >= 11 is 0. The summed E-state index contributed by atoms with van der Waals surface area (Å²) in [7, 11) is 0. The van der Waals surface area contributed by atoms with Crippen molar-refractivity contribution in [3.05, 3.63) is 29.3 Å². The van der Waals surface area contributed by atoms with Crippen molar-refractivity contribution in [2.75, 3.05) is 19.9 Å². The lowest BCUT2D eigenvalue weighted by atomic mass is 10.00. The van der Waals surface area contributed by atoms with Gasteiger partial charge in [-0.1, -0.05) is 13.0 Å². The predicted octanol–water partition coefficient (Wildman–Crippen LogP) is 2.66. The summed E-state index contributed by atoms with van der Waals surface area (Å²) in [5.74, 6) is 0.148. The van der Waals surface area contributed by atoms with Gasteiger partial charge in [0.05, 0.1) is 0 Å². The SMILES string of the molecule is CCC1CCCCN1C(=O)COC(=O)/C(C#N)=C/c1ccc2c(c1)OCO2. The number of carbonyl (C=O) groups is 2. The molecule has 2 aliphatic heterocycles. The summed E-state index contributed by atoms with van der Waals surface area (Å²) in [5.41, 5.74) is 0.438. The summed E-state index contributed by atoms with van der Waals surface area (Å²) in [6, 6.07) is 7.13. The molecule has 0 aromatic heterocycles. The third kappa shape index (κ3) is 4.40. The molecule has 1 amide bonds. The Hall–Kier alpha value is -3.01. The molecular formula is C20H22N2O5. The van der Waals surface area contributed by atoms with E-state index in [0.29, 0.717) is 23.6 Å². The average Bonchev–Trinajstić information content (AvgIpc) is 3.17. The van der Waals surface area contributed by atoms with Crippen LogP contribution in [-0.2, 0) is 14.3 Å². The molecule has 2 aliphatic rings. The van der Waals surface area contributed by atoms with E-state index in [1.165, 1.54) is 6.08 Å². The summed E-state index contributed by atoms with van der Waals surface area (Å²) in [6.07, 6.45) is 5.34. The van der Waals surface area contributed by atoms with E-state index in [0.717, 1.165) is 25.7 Å². The Morgan fingerprint density at radius 1 is 1.33 bits per heavy atom. The van der Waals surface area contributed by atoms with E-state index in [-0.39, 0.29) is 30.9 Å². The van der Waals surface area contributed by atoms with Gasteiger partial charge in [-0.2, -0.15) is 5.26 Å². The van der Waals surface area contributed by atoms with Crippen LogP contribution in [0.4, 0.5) is 0 Å². The molecule has 1 fully saturated rings. The van der Waals surface area contributed by atoms with Gasteiger partial charge < -0.3 is 19.1 Å². The van der Waals surface area contributed by atoms with Crippen LogP contribution in [-0.4, -0.2) is 42.8 Å². The number of hydrogen-bond acceptors (Lipinski definition) is 6. The van der Waals surface area contributed by atoms with Crippen LogP contribution in [0.5, 0.6) is 11.5 Å². The lowest BCUT2D eigenvalue weighted by Gasteiger charge is -2.35. The average molecular weight is 370 g/mol. The highest BCUT2D eigenvalue weighted by Crippen LogP contribution is 2.33. The van der Waals surface area contributed by atoms with Crippen molar-refractivity contribution in [2.24, 2.45) is 0 Å². The van der Waals surface area contributed by atoms with Crippen LogP contribution in [0, 0.1) is 11.3 Å². The van der Waals surface area contributed by atoms with E-state index in [1.54, 1.807) is 23.1 Å². The van der Waals surface area contributed by atoms with E-state index in [4.69, 9.17) is 14.2 Å². The molecule has 1 aromatic carbocycles. The zero-order valence-electron chi connectivity index (χ0n) is 15.3. The number of likely N-dealkylation sites (tertiary alicyclic amines) is 1. The highest BCUT2D eigenvalue weighted by atomic mass is 16.7. The second-order valence-corrected chi connectivity index (χ2v) is 6.50. The third-order valence-electron chi connectivity index (χ3n) is 4.79. The first kappa shape index (κ1) is 18.8. The lowest BCUT2D eigenvalue weighted by Crippen LogP contribution is -2.45. The van der Waals surface area contributed by atoms with Crippen LogP contribution in [0.1, 0.15) is 38.2 Å². The Bertz CT molecular complexity index is 796. The number of fused-ring (bicyclic) bond motifs is 1. The normalized spacial score (nSPS) is 18.7. The summed E-state index contributed by atoms with van der Waals surface area (Å²) in [4.78, 5) is 26.4. The number of esters is 1. The number of ether oxygens (including phenoxy) is 3. The largest absolute Gasteiger partial charge is 0.454 e. The molecule has 0 bridgehead atoms. The molecule has 142 valence electrons. The zero-order chi connectivity index (χ0) is 19.2. The number of carbonyl (C=O) groups excluding carboxylic acids is 2. The maximum atomic E-state index is 12.4. The number of rotatable bonds is 5. The second-order valence-electron chi connectivity index (χ2n) is 6.50. The van der Waals surface area contributed by atoms with Crippen LogP contribution in [0.25, 0.3) is 6.08 Å². The first-order valence-corrected chi connectivity index (χ1v) is 9.10. The van der Waals surface area contributed by atoms with E-state index in [1.807, 2.05) is 13.0 Å². The quantitative estimate of drug-likeness (QED) is 0.450. The predicted molar refractivity (Wildman–Crippen MR) is 96.8 cm³/mol. The Balaban J connectivity index is 1.62. The molecule has 0 N–H and O–H groups in total. The van der Waals surface area contributed by atoms with E-state index in [2.05, 4.69) is 0 Å². The second kappa shape index (κ2) is 8.58. The summed E-state index contributed by atoms with van der Waals surface area (Å²) in [5, 5.41) is 9.27. The van der Waals surface area contributed by atoms with Crippen molar-refractivity contribution in [1.82, 2.24) is 4.90 Å². The molecule has 0 spiro atoms. The number of amides is 1. The summed E-state index contributed by atoms with van der Waals surface area (Å²) < 4.78 is 15.6. The van der Waals surface area contributed by atoms with Gasteiger partial charge in [0.15, 0.2) is 18.1 Å². The topological polar surface area (TPSA) is 88.9 Å². The first-order valence-electron chi connectivity index (χ1n) is 9.10. The Labute approximate surface area is 158 Å². The maximum absolute atomic E-state index is 12.4. The van der Waals surface area contributed by atoms with Crippen LogP contribution in [0.15, 0.2) is 23.8 Å². The number of hydrogen-bond donors (Lipinski definition) is 0. The molecule has 1 aromatic rings.